The largest absolute Gasteiger partial charge is 0.497 e. The molecular weight excluding hydrogens is 396 g/mol. The van der Waals surface area contributed by atoms with E-state index in [1.54, 1.807) is 12.0 Å². The van der Waals surface area contributed by atoms with E-state index in [1.165, 1.54) is 11.3 Å². The Morgan fingerprint density at radius 2 is 2.07 bits per heavy atom. The van der Waals surface area contributed by atoms with Crippen molar-refractivity contribution in [3.8, 4) is 5.75 Å². The minimum atomic E-state index is -0.0479. The summed E-state index contributed by atoms with van der Waals surface area (Å²) in [6, 6.07) is 19.6. The molecule has 1 fully saturated rings. The van der Waals surface area contributed by atoms with Gasteiger partial charge in [0.15, 0.2) is 5.13 Å². The van der Waals surface area contributed by atoms with Crippen LogP contribution < -0.4 is 9.64 Å². The number of amides is 1. The van der Waals surface area contributed by atoms with Crippen LogP contribution in [0.3, 0.4) is 0 Å². The molecule has 0 spiro atoms. The number of fused-ring (bicyclic) bond motifs is 2. The van der Waals surface area contributed by atoms with Gasteiger partial charge in [-0.2, -0.15) is 0 Å². The lowest BCUT2D eigenvalue weighted by Crippen LogP contribution is -2.37. The summed E-state index contributed by atoms with van der Waals surface area (Å²) in [7, 11) is 1.65. The van der Waals surface area contributed by atoms with Crippen LogP contribution in [0, 0.1) is 0 Å². The summed E-state index contributed by atoms with van der Waals surface area (Å²) >= 11 is 1.51. The van der Waals surface area contributed by atoms with Crippen LogP contribution in [-0.4, -0.2) is 37.3 Å². The van der Waals surface area contributed by atoms with E-state index >= 15 is 0 Å². The SMILES string of the molecule is COc1ccc2nc(N(CC3CCCO3)C(=O)c3cccc4ccccc34)sc2c1. The van der Waals surface area contributed by atoms with Crippen molar-refractivity contribution in [2.45, 2.75) is 18.9 Å². The molecule has 30 heavy (non-hydrogen) atoms. The zero-order chi connectivity index (χ0) is 20.5. The topological polar surface area (TPSA) is 51.7 Å². The number of aromatic nitrogens is 1. The van der Waals surface area contributed by atoms with Gasteiger partial charge in [0.25, 0.3) is 5.91 Å². The van der Waals surface area contributed by atoms with Gasteiger partial charge in [-0.05, 0) is 47.9 Å². The van der Waals surface area contributed by atoms with Crippen molar-refractivity contribution >= 4 is 43.4 Å². The molecule has 1 aromatic heterocycles. The Kier molecular flexibility index (Phi) is 5.11. The van der Waals surface area contributed by atoms with E-state index in [0.29, 0.717) is 17.2 Å². The van der Waals surface area contributed by atoms with E-state index in [9.17, 15) is 4.79 Å². The molecule has 2 heterocycles. The number of carbonyl (C=O) groups is 1. The summed E-state index contributed by atoms with van der Waals surface area (Å²) in [6.45, 7) is 1.25. The summed E-state index contributed by atoms with van der Waals surface area (Å²) in [4.78, 5) is 20.3. The highest BCUT2D eigenvalue weighted by Crippen LogP contribution is 2.33. The zero-order valence-electron chi connectivity index (χ0n) is 16.7. The number of benzene rings is 3. The van der Waals surface area contributed by atoms with Gasteiger partial charge < -0.3 is 9.47 Å². The zero-order valence-corrected chi connectivity index (χ0v) is 17.5. The number of carbonyl (C=O) groups excluding carboxylic acids is 1. The first-order chi connectivity index (χ1) is 14.7. The molecule has 5 nitrogen and oxygen atoms in total. The van der Waals surface area contributed by atoms with Crippen LogP contribution in [0.25, 0.3) is 21.0 Å². The minimum absolute atomic E-state index is 0.0328. The normalized spacial score (nSPS) is 16.2. The lowest BCUT2D eigenvalue weighted by atomic mass is 10.0. The Morgan fingerprint density at radius 3 is 2.90 bits per heavy atom. The Morgan fingerprint density at radius 1 is 1.20 bits per heavy atom. The van der Waals surface area contributed by atoms with Gasteiger partial charge in [-0.25, -0.2) is 4.98 Å². The number of hydrogen-bond donors (Lipinski definition) is 0. The first-order valence-corrected chi connectivity index (χ1v) is 10.9. The molecule has 1 atom stereocenters. The maximum atomic E-state index is 13.8. The molecule has 0 bridgehead atoms. The summed E-state index contributed by atoms with van der Waals surface area (Å²) in [6.07, 6.45) is 2.02. The Labute approximate surface area is 178 Å². The van der Waals surface area contributed by atoms with E-state index < -0.39 is 0 Å². The number of nitrogens with zero attached hydrogens (tertiary/aromatic N) is 2. The van der Waals surface area contributed by atoms with Crippen LogP contribution in [0.2, 0.25) is 0 Å². The molecule has 3 aromatic carbocycles. The number of methoxy groups -OCH3 is 1. The van der Waals surface area contributed by atoms with Gasteiger partial charge in [0.05, 0.1) is 30.0 Å². The summed E-state index contributed by atoms with van der Waals surface area (Å²) in [5.41, 5.74) is 1.54. The lowest BCUT2D eigenvalue weighted by molar-refractivity contribution is 0.0919. The van der Waals surface area contributed by atoms with Gasteiger partial charge in [0.2, 0.25) is 0 Å². The fraction of sp³-hybridized carbons (Fsp3) is 0.250. The van der Waals surface area contributed by atoms with Crippen LogP contribution >= 0.6 is 11.3 Å². The monoisotopic (exact) mass is 418 g/mol. The lowest BCUT2D eigenvalue weighted by Gasteiger charge is -2.23. The Hall–Kier alpha value is -2.96. The third-order valence-electron chi connectivity index (χ3n) is 5.49. The van der Waals surface area contributed by atoms with Gasteiger partial charge in [0, 0.05) is 12.2 Å². The molecule has 1 unspecified atom stereocenters. The second-order valence-corrected chi connectivity index (χ2v) is 8.42. The van der Waals surface area contributed by atoms with E-state index in [2.05, 4.69) is 0 Å². The fourth-order valence-corrected chi connectivity index (χ4v) is 4.93. The molecule has 0 N–H and O–H groups in total. The smallest absolute Gasteiger partial charge is 0.260 e. The second kappa shape index (κ2) is 8.05. The van der Waals surface area contributed by atoms with Gasteiger partial charge in [-0.1, -0.05) is 47.7 Å². The Balaban J connectivity index is 1.58. The molecule has 0 radical (unpaired) electrons. The quantitative estimate of drug-likeness (QED) is 0.442. The molecule has 0 aliphatic carbocycles. The molecule has 152 valence electrons. The average Bonchev–Trinajstić information content (AvgIpc) is 3.45. The maximum Gasteiger partial charge on any atom is 0.260 e. The van der Waals surface area contributed by atoms with E-state index in [-0.39, 0.29) is 12.0 Å². The van der Waals surface area contributed by atoms with Gasteiger partial charge in [0.1, 0.15) is 5.75 Å². The first kappa shape index (κ1) is 19.0. The summed E-state index contributed by atoms with van der Waals surface area (Å²) < 4.78 is 12.2. The van der Waals surface area contributed by atoms with Crippen molar-refractivity contribution in [3.63, 3.8) is 0 Å². The van der Waals surface area contributed by atoms with Crippen LogP contribution in [0.4, 0.5) is 5.13 Å². The predicted molar refractivity (Wildman–Crippen MR) is 121 cm³/mol. The van der Waals surface area contributed by atoms with Gasteiger partial charge in [-0.15, -0.1) is 0 Å². The summed E-state index contributed by atoms with van der Waals surface area (Å²) in [5, 5.41) is 2.69. The number of thiazole rings is 1. The maximum absolute atomic E-state index is 13.8. The number of rotatable bonds is 5. The predicted octanol–water partition coefficient (Wildman–Crippen LogP) is 5.28. The first-order valence-electron chi connectivity index (χ1n) is 10.1. The van der Waals surface area contributed by atoms with Gasteiger partial charge >= 0.3 is 0 Å². The van der Waals surface area contributed by atoms with Crippen LogP contribution in [0.1, 0.15) is 23.2 Å². The molecule has 1 saturated heterocycles. The van der Waals surface area contributed by atoms with Crippen molar-refractivity contribution in [3.05, 3.63) is 66.2 Å². The number of ether oxygens (including phenoxy) is 2. The van der Waals surface area contributed by atoms with E-state index in [0.717, 1.165) is 46.2 Å². The van der Waals surface area contributed by atoms with Crippen molar-refractivity contribution in [2.75, 3.05) is 25.2 Å². The minimum Gasteiger partial charge on any atom is -0.497 e. The molecule has 1 aliphatic heterocycles. The van der Waals surface area contributed by atoms with E-state index in [4.69, 9.17) is 14.5 Å². The van der Waals surface area contributed by atoms with E-state index in [1.807, 2.05) is 60.7 Å². The van der Waals surface area contributed by atoms with Crippen LogP contribution in [0.15, 0.2) is 60.7 Å². The highest BCUT2D eigenvalue weighted by atomic mass is 32.1. The van der Waals surface area contributed by atoms with Crippen molar-refractivity contribution in [2.24, 2.45) is 0 Å². The molecule has 5 rings (SSSR count). The van der Waals surface area contributed by atoms with Crippen molar-refractivity contribution in [1.82, 2.24) is 4.98 Å². The van der Waals surface area contributed by atoms with Crippen molar-refractivity contribution in [1.29, 1.82) is 0 Å². The van der Waals surface area contributed by atoms with Gasteiger partial charge in [-0.3, -0.25) is 9.69 Å². The molecule has 6 heteroatoms. The molecule has 1 amide bonds. The fourth-order valence-electron chi connectivity index (χ4n) is 3.93. The summed E-state index contributed by atoms with van der Waals surface area (Å²) in [5.74, 6) is 0.733. The molecule has 4 aromatic rings. The standard InChI is InChI=1S/C24H22N2O3S/c1-28-17-11-12-21-22(14-17)30-24(25-21)26(15-18-8-5-13-29-18)23(27)20-10-4-7-16-6-2-3-9-19(16)20/h2-4,6-7,9-12,14,18H,5,8,13,15H2,1H3. The number of hydrogen-bond acceptors (Lipinski definition) is 5. The highest BCUT2D eigenvalue weighted by molar-refractivity contribution is 7.22. The molecule has 1 aliphatic rings. The highest BCUT2D eigenvalue weighted by Gasteiger charge is 2.28. The third-order valence-corrected chi connectivity index (χ3v) is 6.53. The second-order valence-electron chi connectivity index (χ2n) is 7.41. The Bertz CT molecular complexity index is 1210. The third kappa shape index (κ3) is 3.53. The van der Waals surface area contributed by atoms with Crippen LogP contribution in [-0.2, 0) is 4.74 Å². The van der Waals surface area contributed by atoms with Crippen LogP contribution in [0.5, 0.6) is 5.75 Å². The average molecular weight is 419 g/mol. The van der Waals surface area contributed by atoms with Crippen molar-refractivity contribution < 1.29 is 14.3 Å². The molecular formula is C24H22N2O3S. The number of anilines is 1. The molecule has 0 saturated carbocycles.